The quantitative estimate of drug-likeness (QED) is 0.265. The Bertz CT molecular complexity index is 641. The first-order valence-corrected chi connectivity index (χ1v) is 13.5. The molecule has 7 heteroatoms. The van der Waals surface area contributed by atoms with E-state index in [0.29, 0.717) is 24.2 Å². The van der Waals surface area contributed by atoms with Crippen molar-refractivity contribution in [1.29, 1.82) is 0 Å². The molecule has 1 saturated carbocycles. The summed E-state index contributed by atoms with van der Waals surface area (Å²) in [4.78, 5) is 11.0. The van der Waals surface area contributed by atoms with Gasteiger partial charge in [0.1, 0.15) is 0 Å². The minimum Gasteiger partial charge on any atom is -0.453 e. The molecule has 196 valence electrons. The van der Waals surface area contributed by atoms with Gasteiger partial charge < -0.3 is 25.8 Å². The summed E-state index contributed by atoms with van der Waals surface area (Å²) in [5, 5.41) is 6.66. The highest BCUT2D eigenvalue weighted by atomic mass is 35.5. The van der Waals surface area contributed by atoms with E-state index in [2.05, 4.69) is 29.2 Å². The summed E-state index contributed by atoms with van der Waals surface area (Å²) >= 11 is 6.05. The van der Waals surface area contributed by atoms with Crippen LogP contribution in [0.3, 0.4) is 0 Å². The number of alkyl carbamates (subject to hydrolysis) is 1. The Morgan fingerprint density at radius 1 is 1.12 bits per heavy atom. The highest BCUT2D eigenvalue weighted by molar-refractivity contribution is 6.30. The highest BCUT2D eigenvalue weighted by Gasteiger charge is 2.16. The third-order valence-corrected chi connectivity index (χ3v) is 6.36. The maximum atomic E-state index is 11.0. The van der Waals surface area contributed by atoms with Crippen molar-refractivity contribution in [3.05, 3.63) is 34.9 Å². The molecule has 1 aliphatic rings. The zero-order chi connectivity index (χ0) is 25.0. The van der Waals surface area contributed by atoms with Crippen LogP contribution in [0.5, 0.6) is 0 Å². The SMILES string of the molecule is CCCNCCC(OCCNC(=O)OC)c1cccc(Cl)c1.CCC[C@@H](N)CC1CCCCC1. The van der Waals surface area contributed by atoms with Crippen LogP contribution in [0.15, 0.2) is 24.3 Å². The highest BCUT2D eigenvalue weighted by Crippen LogP contribution is 2.27. The van der Waals surface area contributed by atoms with Gasteiger partial charge >= 0.3 is 6.09 Å². The van der Waals surface area contributed by atoms with E-state index in [0.717, 1.165) is 37.4 Å². The van der Waals surface area contributed by atoms with Gasteiger partial charge in [-0.2, -0.15) is 0 Å². The van der Waals surface area contributed by atoms with Gasteiger partial charge in [0.2, 0.25) is 0 Å². The van der Waals surface area contributed by atoms with Crippen LogP contribution in [0, 0.1) is 5.92 Å². The van der Waals surface area contributed by atoms with Crippen LogP contribution >= 0.6 is 11.6 Å². The van der Waals surface area contributed by atoms with Crippen molar-refractivity contribution in [2.24, 2.45) is 11.7 Å². The maximum absolute atomic E-state index is 11.0. The molecule has 1 unspecified atom stereocenters. The third-order valence-electron chi connectivity index (χ3n) is 6.13. The average molecular weight is 498 g/mol. The Balaban J connectivity index is 0.000000404. The Labute approximate surface area is 212 Å². The van der Waals surface area contributed by atoms with E-state index in [9.17, 15) is 4.79 Å². The Kier molecular flexibility index (Phi) is 18.0. The van der Waals surface area contributed by atoms with E-state index in [4.69, 9.17) is 22.1 Å². The smallest absolute Gasteiger partial charge is 0.406 e. The van der Waals surface area contributed by atoms with Crippen molar-refractivity contribution < 1.29 is 14.3 Å². The van der Waals surface area contributed by atoms with Gasteiger partial charge in [-0.05, 0) is 62.4 Å². The summed E-state index contributed by atoms with van der Waals surface area (Å²) in [5.74, 6) is 0.959. The molecule has 2 rings (SSSR count). The molecule has 6 nitrogen and oxygen atoms in total. The molecule has 0 saturated heterocycles. The predicted octanol–water partition coefficient (Wildman–Crippen LogP) is 6.23. The van der Waals surface area contributed by atoms with Gasteiger partial charge in [0.15, 0.2) is 0 Å². The second kappa shape index (κ2) is 19.9. The van der Waals surface area contributed by atoms with Crippen LogP contribution in [0.2, 0.25) is 5.02 Å². The lowest BCUT2D eigenvalue weighted by Crippen LogP contribution is -2.28. The third kappa shape index (κ3) is 14.8. The zero-order valence-electron chi connectivity index (χ0n) is 21.6. The normalized spacial score (nSPS) is 15.7. The topological polar surface area (TPSA) is 85.6 Å². The van der Waals surface area contributed by atoms with Crippen LogP contribution in [0.25, 0.3) is 0 Å². The lowest BCUT2D eigenvalue weighted by atomic mass is 9.84. The number of carbonyl (C=O) groups is 1. The fourth-order valence-electron chi connectivity index (χ4n) is 4.35. The van der Waals surface area contributed by atoms with Gasteiger partial charge in [-0.3, -0.25) is 0 Å². The summed E-state index contributed by atoms with van der Waals surface area (Å²) in [6.45, 7) is 7.05. The first-order chi connectivity index (χ1) is 16.5. The number of hydrogen-bond acceptors (Lipinski definition) is 5. The van der Waals surface area contributed by atoms with Gasteiger partial charge in [-0.15, -0.1) is 0 Å². The summed E-state index contributed by atoms with van der Waals surface area (Å²) in [6.07, 6.45) is 12.4. The molecule has 1 aliphatic carbocycles. The number of nitrogens with one attached hydrogen (secondary N) is 2. The van der Waals surface area contributed by atoms with Gasteiger partial charge in [0, 0.05) is 17.6 Å². The Morgan fingerprint density at radius 2 is 1.88 bits per heavy atom. The molecule has 1 aromatic carbocycles. The van der Waals surface area contributed by atoms with Gasteiger partial charge in [0.25, 0.3) is 0 Å². The summed E-state index contributed by atoms with van der Waals surface area (Å²) in [7, 11) is 1.34. The molecule has 34 heavy (non-hydrogen) atoms. The summed E-state index contributed by atoms with van der Waals surface area (Å²) < 4.78 is 10.4. The number of benzene rings is 1. The molecule has 1 aromatic rings. The van der Waals surface area contributed by atoms with E-state index in [1.54, 1.807) is 0 Å². The van der Waals surface area contributed by atoms with E-state index < -0.39 is 6.09 Å². The van der Waals surface area contributed by atoms with Crippen LogP contribution in [0.4, 0.5) is 4.79 Å². The van der Waals surface area contributed by atoms with Crippen molar-refractivity contribution in [2.75, 3.05) is 33.4 Å². The van der Waals surface area contributed by atoms with Crippen LogP contribution in [-0.2, 0) is 9.47 Å². The molecule has 0 bridgehead atoms. The lowest BCUT2D eigenvalue weighted by molar-refractivity contribution is 0.0483. The van der Waals surface area contributed by atoms with Crippen LogP contribution in [-0.4, -0.2) is 45.5 Å². The number of methoxy groups -OCH3 is 1. The van der Waals surface area contributed by atoms with Crippen molar-refractivity contribution in [3.8, 4) is 0 Å². The monoisotopic (exact) mass is 497 g/mol. The number of ether oxygens (including phenoxy) is 2. The number of amides is 1. The van der Waals surface area contributed by atoms with Crippen LogP contribution in [0.1, 0.15) is 89.7 Å². The first kappa shape index (κ1) is 30.7. The second-order valence-corrected chi connectivity index (χ2v) is 9.60. The van der Waals surface area contributed by atoms with Crippen molar-refractivity contribution in [2.45, 2.75) is 90.2 Å². The molecular weight excluding hydrogens is 450 g/mol. The van der Waals surface area contributed by atoms with E-state index in [1.165, 1.54) is 58.5 Å². The molecule has 0 radical (unpaired) electrons. The number of hydrogen-bond donors (Lipinski definition) is 3. The second-order valence-electron chi connectivity index (χ2n) is 9.16. The molecule has 0 aliphatic heterocycles. The van der Waals surface area contributed by atoms with E-state index in [-0.39, 0.29) is 6.10 Å². The Morgan fingerprint density at radius 3 is 2.53 bits per heavy atom. The van der Waals surface area contributed by atoms with Crippen LogP contribution < -0.4 is 16.4 Å². The molecule has 1 fully saturated rings. The lowest BCUT2D eigenvalue weighted by Gasteiger charge is -2.24. The van der Waals surface area contributed by atoms with Crippen molar-refractivity contribution in [3.63, 3.8) is 0 Å². The predicted molar refractivity (Wildman–Crippen MR) is 142 cm³/mol. The Hall–Kier alpha value is -1.34. The largest absolute Gasteiger partial charge is 0.453 e. The minimum absolute atomic E-state index is 0.0532. The number of rotatable bonds is 14. The standard InChI is InChI=1S/C16H25ClN2O3.C11H23N/c1-3-8-18-9-7-15(13-5-4-6-14(17)12-13)22-11-10-19-16(20)21-2;1-2-6-11(12)9-10-7-4-3-5-8-10/h4-6,12,15,18H,3,7-11H2,1-2H3,(H,19,20);10-11H,2-9,12H2,1H3/t;11-/m.1/s1. The van der Waals surface area contributed by atoms with E-state index in [1.807, 2.05) is 24.3 Å². The molecule has 0 aromatic heterocycles. The molecule has 1 amide bonds. The van der Waals surface area contributed by atoms with Crippen molar-refractivity contribution >= 4 is 17.7 Å². The van der Waals surface area contributed by atoms with Crippen molar-refractivity contribution in [1.82, 2.24) is 10.6 Å². The van der Waals surface area contributed by atoms with Gasteiger partial charge in [-0.1, -0.05) is 76.1 Å². The van der Waals surface area contributed by atoms with Gasteiger partial charge in [0.05, 0.1) is 19.8 Å². The number of nitrogens with two attached hydrogens (primary N) is 1. The summed E-state index contributed by atoms with van der Waals surface area (Å²) in [6, 6.07) is 8.17. The minimum atomic E-state index is -0.451. The molecule has 4 N–H and O–H groups in total. The molecule has 2 atom stereocenters. The molecule has 0 heterocycles. The number of halogens is 1. The molecular formula is C27H48ClN3O3. The zero-order valence-corrected chi connectivity index (χ0v) is 22.4. The fourth-order valence-corrected chi connectivity index (χ4v) is 4.55. The average Bonchev–Trinajstić information content (AvgIpc) is 2.84. The van der Waals surface area contributed by atoms with Gasteiger partial charge in [-0.25, -0.2) is 4.79 Å². The maximum Gasteiger partial charge on any atom is 0.406 e. The molecule has 0 spiro atoms. The van der Waals surface area contributed by atoms with E-state index >= 15 is 0 Å². The summed E-state index contributed by atoms with van der Waals surface area (Å²) in [5.41, 5.74) is 7.06. The first-order valence-electron chi connectivity index (χ1n) is 13.1. The fraction of sp³-hybridized carbons (Fsp3) is 0.741. The number of carbonyl (C=O) groups excluding carboxylic acids is 1.